The normalized spacial score (nSPS) is 18.9. The van der Waals surface area contributed by atoms with E-state index in [-0.39, 0.29) is 12.4 Å². The number of hydrogen-bond acceptors (Lipinski definition) is 4. The smallest absolute Gasteiger partial charge is 0.444 e. The summed E-state index contributed by atoms with van der Waals surface area (Å²) in [6.45, 7) is 15.0. The second kappa shape index (κ2) is 7.87. The van der Waals surface area contributed by atoms with E-state index in [1.54, 1.807) is 52.0 Å². The van der Waals surface area contributed by atoms with Gasteiger partial charge >= 0.3 is 13.2 Å². The number of hydrogen-bond donors (Lipinski definition) is 1. The number of amides is 1. The Morgan fingerprint density at radius 3 is 2.32 bits per heavy atom. The first kappa shape index (κ1) is 22.4. The van der Waals surface area contributed by atoms with E-state index in [9.17, 15) is 9.18 Å². The fraction of sp³-hybridized carbons (Fsp3) is 0.571. The lowest BCUT2D eigenvalue weighted by Gasteiger charge is -2.32. The van der Waals surface area contributed by atoms with Crippen LogP contribution in [-0.4, -0.2) is 36.6 Å². The average Bonchev–Trinajstić information content (AvgIpc) is 2.74. The summed E-state index contributed by atoms with van der Waals surface area (Å²) in [4.78, 5) is 12.1. The highest BCUT2D eigenvalue weighted by Gasteiger charge is 2.52. The number of carbonyl (C=O) groups excluding carboxylic acids is 1. The van der Waals surface area contributed by atoms with Crippen molar-refractivity contribution in [3.8, 4) is 0 Å². The minimum atomic E-state index is -0.708. The Morgan fingerprint density at radius 2 is 1.79 bits per heavy atom. The molecule has 1 fully saturated rings. The van der Waals surface area contributed by atoms with Gasteiger partial charge in [-0.1, -0.05) is 24.3 Å². The minimum absolute atomic E-state index is 0.110. The van der Waals surface area contributed by atoms with Crippen LogP contribution in [0.5, 0.6) is 0 Å². The third-order valence-electron chi connectivity index (χ3n) is 4.95. The fourth-order valence-electron chi connectivity index (χ4n) is 2.67. The maximum atomic E-state index is 14.5. The van der Waals surface area contributed by atoms with Gasteiger partial charge in [-0.2, -0.15) is 0 Å². The molecular weight excluding hydrogens is 360 g/mol. The minimum Gasteiger partial charge on any atom is -0.444 e. The molecule has 1 aromatic carbocycles. The lowest BCUT2D eigenvalue weighted by atomic mass is 9.77. The van der Waals surface area contributed by atoms with E-state index in [1.807, 2.05) is 27.7 Å². The Bertz CT molecular complexity index is 752. The molecule has 154 valence electrons. The fourth-order valence-corrected chi connectivity index (χ4v) is 2.67. The quantitative estimate of drug-likeness (QED) is 0.758. The van der Waals surface area contributed by atoms with Crippen LogP contribution >= 0.6 is 0 Å². The van der Waals surface area contributed by atoms with E-state index in [4.69, 9.17) is 14.0 Å². The van der Waals surface area contributed by atoms with Gasteiger partial charge in [-0.15, -0.1) is 0 Å². The number of benzene rings is 1. The Hall–Kier alpha value is -1.86. The predicted molar refractivity (Wildman–Crippen MR) is 109 cm³/mol. The molecule has 7 heteroatoms. The van der Waals surface area contributed by atoms with Crippen LogP contribution in [0.4, 0.5) is 9.18 Å². The highest BCUT2D eigenvalue weighted by molar-refractivity contribution is 6.56. The summed E-state index contributed by atoms with van der Waals surface area (Å²) in [7, 11) is -0.708. The third-order valence-corrected chi connectivity index (χ3v) is 4.95. The molecule has 0 saturated carbocycles. The van der Waals surface area contributed by atoms with Crippen LogP contribution in [0.25, 0.3) is 6.08 Å². The molecule has 2 rings (SSSR count). The number of aryl methyl sites for hydroxylation is 1. The average molecular weight is 391 g/mol. The molecule has 1 aromatic rings. The summed E-state index contributed by atoms with van der Waals surface area (Å²) in [6.07, 6.45) is 1.11. The molecule has 28 heavy (non-hydrogen) atoms. The lowest BCUT2D eigenvalue weighted by molar-refractivity contribution is 0.00578. The van der Waals surface area contributed by atoms with Crippen LogP contribution < -0.4 is 5.32 Å². The zero-order chi connectivity index (χ0) is 21.3. The number of ether oxygens (including phenoxy) is 1. The van der Waals surface area contributed by atoms with Gasteiger partial charge in [-0.25, -0.2) is 9.18 Å². The number of halogens is 1. The first-order valence-electron chi connectivity index (χ1n) is 9.50. The monoisotopic (exact) mass is 391 g/mol. The molecule has 0 spiro atoms. The van der Waals surface area contributed by atoms with Crippen LogP contribution in [0, 0.1) is 12.7 Å². The van der Waals surface area contributed by atoms with Crippen molar-refractivity contribution in [1.82, 2.24) is 5.32 Å². The van der Waals surface area contributed by atoms with Crippen molar-refractivity contribution in [2.75, 3.05) is 6.54 Å². The summed E-state index contributed by atoms with van der Waals surface area (Å²) in [5.74, 6) is -0.311. The molecular formula is C21H31BFNO4. The number of rotatable bonds is 4. The van der Waals surface area contributed by atoms with Gasteiger partial charge in [0.05, 0.1) is 11.2 Å². The van der Waals surface area contributed by atoms with Gasteiger partial charge < -0.3 is 19.4 Å². The number of carbonyl (C=O) groups is 1. The van der Waals surface area contributed by atoms with Crippen LogP contribution in [0.2, 0.25) is 0 Å². The molecule has 0 radical (unpaired) electrons. The standard InChI is InChI=1S/C21H31BFNO4/c1-14-10-9-11-15(17(14)23)12-16(13-24-18(25)26-19(2,3)4)22-27-20(5,6)21(7,8)28-22/h9-12H,13H2,1-8H3,(H,24,25). The van der Waals surface area contributed by atoms with E-state index in [2.05, 4.69) is 5.32 Å². The summed E-state index contributed by atoms with van der Waals surface area (Å²) in [5.41, 5.74) is -0.144. The summed E-state index contributed by atoms with van der Waals surface area (Å²) in [6, 6.07) is 5.18. The first-order valence-corrected chi connectivity index (χ1v) is 9.50. The Morgan fingerprint density at radius 1 is 1.21 bits per heavy atom. The van der Waals surface area contributed by atoms with Gasteiger partial charge in [-0.05, 0) is 66.4 Å². The van der Waals surface area contributed by atoms with E-state index in [1.165, 1.54) is 0 Å². The molecule has 0 atom stereocenters. The van der Waals surface area contributed by atoms with E-state index in [0.29, 0.717) is 16.6 Å². The first-order chi connectivity index (χ1) is 12.7. The van der Waals surface area contributed by atoms with E-state index < -0.39 is 30.0 Å². The van der Waals surface area contributed by atoms with Crippen molar-refractivity contribution in [2.45, 2.75) is 72.2 Å². The molecule has 5 nitrogen and oxygen atoms in total. The van der Waals surface area contributed by atoms with Gasteiger partial charge in [0.25, 0.3) is 0 Å². The predicted octanol–water partition coefficient (Wildman–Crippen LogP) is 4.67. The van der Waals surface area contributed by atoms with Crippen molar-refractivity contribution in [3.05, 3.63) is 40.6 Å². The second-order valence-electron chi connectivity index (χ2n) is 9.14. The van der Waals surface area contributed by atoms with Crippen LogP contribution in [0.3, 0.4) is 0 Å². The summed E-state index contributed by atoms with van der Waals surface area (Å²) in [5, 5.41) is 2.71. The van der Waals surface area contributed by atoms with Gasteiger partial charge in [0.1, 0.15) is 11.4 Å². The number of alkyl carbamates (subject to hydrolysis) is 1. The Kier molecular flexibility index (Phi) is 6.31. The molecule has 0 unspecified atom stereocenters. The molecule has 1 saturated heterocycles. The molecule has 1 aliphatic heterocycles. The van der Waals surface area contributed by atoms with Crippen molar-refractivity contribution in [2.24, 2.45) is 0 Å². The summed E-state index contributed by atoms with van der Waals surface area (Å²) >= 11 is 0. The van der Waals surface area contributed by atoms with Crippen molar-refractivity contribution < 1.29 is 23.2 Å². The molecule has 0 aromatic heterocycles. The molecule has 0 aliphatic carbocycles. The van der Waals surface area contributed by atoms with Crippen LogP contribution in [-0.2, 0) is 14.0 Å². The maximum Gasteiger partial charge on any atom is 0.492 e. The van der Waals surface area contributed by atoms with Gasteiger partial charge in [0.2, 0.25) is 0 Å². The zero-order valence-electron chi connectivity index (χ0n) is 18.1. The molecule has 1 N–H and O–H groups in total. The van der Waals surface area contributed by atoms with Crippen molar-refractivity contribution in [1.29, 1.82) is 0 Å². The molecule has 0 bridgehead atoms. The van der Waals surface area contributed by atoms with Gasteiger partial charge in [0.15, 0.2) is 0 Å². The molecule has 1 aliphatic rings. The molecule has 1 amide bonds. The number of nitrogens with one attached hydrogen (secondary N) is 1. The molecule has 1 heterocycles. The van der Waals surface area contributed by atoms with E-state index in [0.717, 1.165) is 0 Å². The topological polar surface area (TPSA) is 56.8 Å². The second-order valence-corrected chi connectivity index (χ2v) is 9.14. The van der Waals surface area contributed by atoms with Crippen LogP contribution in [0.15, 0.2) is 23.7 Å². The lowest BCUT2D eigenvalue weighted by Crippen LogP contribution is -2.41. The van der Waals surface area contributed by atoms with Crippen LogP contribution in [0.1, 0.15) is 59.6 Å². The van der Waals surface area contributed by atoms with Gasteiger partial charge in [0, 0.05) is 12.1 Å². The van der Waals surface area contributed by atoms with Gasteiger partial charge in [-0.3, -0.25) is 0 Å². The highest BCUT2D eigenvalue weighted by Crippen LogP contribution is 2.38. The summed E-state index contributed by atoms with van der Waals surface area (Å²) < 4.78 is 32.0. The van der Waals surface area contributed by atoms with Crippen molar-refractivity contribution >= 4 is 19.3 Å². The zero-order valence-corrected chi connectivity index (χ0v) is 18.1. The van der Waals surface area contributed by atoms with E-state index >= 15 is 0 Å². The van der Waals surface area contributed by atoms with Crippen molar-refractivity contribution in [3.63, 3.8) is 0 Å². The Labute approximate surface area is 167 Å². The third kappa shape index (κ3) is 5.36. The highest BCUT2D eigenvalue weighted by atomic mass is 19.1. The largest absolute Gasteiger partial charge is 0.492 e. The Balaban J connectivity index is 2.30. The SMILES string of the molecule is Cc1cccc(C=C(CNC(=O)OC(C)(C)C)B2OC(C)(C)C(C)(C)O2)c1F. The maximum absolute atomic E-state index is 14.5.